The molecule has 31 heavy (non-hydrogen) atoms. The van der Waals surface area contributed by atoms with Crippen LogP contribution in [-0.2, 0) is 13.2 Å². The van der Waals surface area contributed by atoms with Crippen molar-refractivity contribution in [3.8, 4) is 11.5 Å². The molecule has 2 heterocycles. The Kier molecular flexibility index (Phi) is 5.59. The smallest absolute Gasteiger partial charge is 0.481 e. The van der Waals surface area contributed by atoms with E-state index < -0.39 is 6.36 Å². The van der Waals surface area contributed by atoms with E-state index in [-0.39, 0.29) is 5.75 Å². The molecule has 0 spiro atoms. The molecule has 0 aliphatic carbocycles. The first kappa shape index (κ1) is 20.8. The summed E-state index contributed by atoms with van der Waals surface area (Å²) in [5.41, 5.74) is 4.62. The fourth-order valence-corrected chi connectivity index (χ4v) is 3.61. The van der Waals surface area contributed by atoms with Gasteiger partial charge < -0.3 is 9.47 Å². The molecular weight excluding hydrogens is 405 g/mol. The Balaban J connectivity index is 1.69. The van der Waals surface area contributed by atoms with Gasteiger partial charge >= 0.3 is 12.0 Å². The molecule has 0 aliphatic heterocycles. The standard InChI is InChI=1S/C24H22F3N2O2/c1-17-18(2)29(15-20-10-6-11-21(14-20)31-24(25,26)27)23-22(12-7-13-28(17)23)30-16-19-8-4-3-5-9-19/h3-14H,15-16H2,1-2H3/q+1. The molecule has 0 N–H and O–H groups in total. The number of hydrogen-bond acceptors (Lipinski definition) is 2. The summed E-state index contributed by atoms with van der Waals surface area (Å²) in [7, 11) is 0. The highest BCUT2D eigenvalue weighted by Crippen LogP contribution is 2.25. The average molecular weight is 427 g/mol. The normalized spacial score (nSPS) is 11.6. The molecule has 0 fully saturated rings. The van der Waals surface area contributed by atoms with Crippen LogP contribution in [0.25, 0.3) is 5.65 Å². The predicted molar refractivity (Wildman–Crippen MR) is 110 cm³/mol. The van der Waals surface area contributed by atoms with Crippen molar-refractivity contribution in [1.82, 2.24) is 4.40 Å². The van der Waals surface area contributed by atoms with E-state index in [0.717, 1.165) is 22.6 Å². The fourth-order valence-electron chi connectivity index (χ4n) is 3.61. The van der Waals surface area contributed by atoms with Crippen molar-refractivity contribution in [2.45, 2.75) is 33.4 Å². The van der Waals surface area contributed by atoms with Gasteiger partial charge in [0.2, 0.25) is 5.75 Å². The monoisotopic (exact) mass is 427 g/mol. The number of nitrogens with zero attached hydrogens (tertiary/aromatic N) is 2. The maximum atomic E-state index is 12.6. The average Bonchev–Trinajstić information content (AvgIpc) is 2.97. The minimum Gasteiger partial charge on any atom is -0.481 e. The maximum absolute atomic E-state index is 12.6. The lowest BCUT2D eigenvalue weighted by atomic mass is 10.2. The minimum atomic E-state index is -4.72. The second kappa shape index (κ2) is 8.34. The van der Waals surface area contributed by atoms with E-state index in [2.05, 4.69) is 4.74 Å². The Morgan fingerprint density at radius 3 is 2.39 bits per heavy atom. The number of pyridine rings is 1. The van der Waals surface area contributed by atoms with Gasteiger partial charge in [0.25, 0.3) is 0 Å². The summed E-state index contributed by atoms with van der Waals surface area (Å²) >= 11 is 0. The number of rotatable bonds is 6. The van der Waals surface area contributed by atoms with Crippen LogP contribution in [0, 0.1) is 13.8 Å². The van der Waals surface area contributed by atoms with Gasteiger partial charge in [0.1, 0.15) is 30.3 Å². The lowest BCUT2D eigenvalue weighted by molar-refractivity contribution is -0.668. The zero-order valence-electron chi connectivity index (χ0n) is 17.2. The first-order chi connectivity index (χ1) is 14.8. The molecule has 4 aromatic rings. The molecule has 0 saturated heterocycles. The number of alkyl halides is 3. The molecule has 4 nitrogen and oxygen atoms in total. The van der Waals surface area contributed by atoms with E-state index in [0.29, 0.717) is 24.5 Å². The Morgan fingerprint density at radius 1 is 0.903 bits per heavy atom. The summed E-state index contributed by atoms with van der Waals surface area (Å²) < 4.78 is 52.1. The van der Waals surface area contributed by atoms with Crippen molar-refractivity contribution in [2.24, 2.45) is 0 Å². The van der Waals surface area contributed by atoms with E-state index in [9.17, 15) is 13.2 Å². The lowest BCUT2D eigenvalue weighted by Crippen LogP contribution is -2.36. The summed E-state index contributed by atoms with van der Waals surface area (Å²) in [5, 5.41) is 0. The number of benzene rings is 2. The van der Waals surface area contributed by atoms with E-state index in [1.165, 1.54) is 12.1 Å². The molecule has 0 atom stereocenters. The Morgan fingerprint density at radius 2 is 1.65 bits per heavy atom. The molecule has 0 bridgehead atoms. The van der Waals surface area contributed by atoms with Crippen molar-refractivity contribution in [3.05, 3.63) is 95.4 Å². The molecule has 0 amide bonds. The number of aromatic nitrogens is 2. The van der Waals surface area contributed by atoms with Crippen molar-refractivity contribution in [1.29, 1.82) is 0 Å². The topological polar surface area (TPSA) is 26.8 Å². The van der Waals surface area contributed by atoms with Crippen LogP contribution in [0.2, 0.25) is 0 Å². The molecule has 7 heteroatoms. The quantitative estimate of drug-likeness (QED) is 0.387. The summed E-state index contributed by atoms with van der Waals surface area (Å²) in [5.74, 6) is 0.467. The van der Waals surface area contributed by atoms with E-state index in [4.69, 9.17) is 4.74 Å². The third-order valence-electron chi connectivity index (χ3n) is 5.19. The van der Waals surface area contributed by atoms with Crippen LogP contribution in [-0.4, -0.2) is 10.8 Å². The number of aryl methyl sites for hydroxylation is 1. The van der Waals surface area contributed by atoms with Crippen LogP contribution in [0.3, 0.4) is 0 Å². The highest BCUT2D eigenvalue weighted by molar-refractivity contribution is 5.51. The molecule has 2 aromatic heterocycles. The lowest BCUT2D eigenvalue weighted by Gasteiger charge is -2.10. The van der Waals surface area contributed by atoms with Gasteiger partial charge in [-0.2, -0.15) is 4.40 Å². The van der Waals surface area contributed by atoms with Crippen LogP contribution in [0.1, 0.15) is 22.5 Å². The van der Waals surface area contributed by atoms with E-state index in [1.807, 2.05) is 71.5 Å². The predicted octanol–water partition coefficient (Wildman–Crippen LogP) is 5.37. The largest absolute Gasteiger partial charge is 0.573 e. The highest BCUT2D eigenvalue weighted by atomic mass is 19.4. The fraction of sp³-hybridized carbons (Fsp3) is 0.208. The Hall–Kier alpha value is -3.48. The van der Waals surface area contributed by atoms with Gasteiger partial charge in [0.15, 0.2) is 0 Å². The molecule has 2 aromatic carbocycles. The van der Waals surface area contributed by atoms with Crippen molar-refractivity contribution in [2.75, 3.05) is 0 Å². The van der Waals surface area contributed by atoms with Gasteiger partial charge in [-0.1, -0.05) is 42.5 Å². The van der Waals surface area contributed by atoms with Crippen molar-refractivity contribution < 1.29 is 27.2 Å². The number of hydrogen-bond donors (Lipinski definition) is 0. The first-order valence-electron chi connectivity index (χ1n) is 9.83. The van der Waals surface area contributed by atoms with Crippen LogP contribution in [0.4, 0.5) is 13.2 Å². The molecule has 4 rings (SSSR count). The van der Waals surface area contributed by atoms with Crippen LogP contribution in [0.15, 0.2) is 72.9 Å². The van der Waals surface area contributed by atoms with Crippen LogP contribution < -0.4 is 14.0 Å². The van der Waals surface area contributed by atoms with Crippen LogP contribution in [0.5, 0.6) is 11.5 Å². The summed E-state index contributed by atoms with van der Waals surface area (Å²) in [6.07, 6.45) is -2.77. The summed E-state index contributed by atoms with van der Waals surface area (Å²) in [6, 6.07) is 19.7. The van der Waals surface area contributed by atoms with Crippen LogP contribution >= 0.6 is 0 Å². The zero-order chi connectivity index (χ0) is 22.0. The van der Waals surface area contributed by atoms with Gasteiger partial charge in [-0.15, -0.1) is 13.2 Å². The molecule has 0 saturated carbocycles. The third-order valence-corrected chi connectivity index (χ3v) is 5.19. The van der Waals surface area contributed by atoms with Gasteiger partial charge in [0.05, 0.1) is 6.20 Å². The molecular formula is C24H22F3N2O2+. The third kappa shape index (κ3) is 4.66. The van der Waals surface area contributed by atoms with Gasteiger partial charge in [-0.05, 0) is 35.4 Å². The second-order valence-corrected chi connectivity index (χ2v) is 7.29. The van der Waals surface area contributed by atoms with Crippen molar-refractivity contribution in [3.63, 3.8) is 0 Å². The molecule has 0 radical (unpaired) electrons. The highest BCUT2D eigenvalue weighted by Gasteiger charge is 2.31. The summed E-state index contributed by atoms with van der Waals surface area (Å²) in [4.78, 5) is 0. The van der Waals surface area contributed by atoms with E-state index in [1.54, 1.807) is 12.1 Å². The minimum absolute atomic E-state index is 0.232. The molecule has 0 unspecified atom stereocenters. The Bertz CT molecular complexity index is 1200. The van der Waals surface area contributed by atoms with Gasteiger partial charge in [0, 0.05) is 13.8 Å². The SMILES string of the molecule is Cc1c(C)[n+](Cc2cccc(OC(F)(F)F)c2)c2c(OCc3ccccc3)cccn12. The van der Waals surface area contributed by atoms with E-state index >= 15 is 0 Å². The first-order valence-corrected chi connectivity index (χ1v) is 9.83. The number of fused-ring (bicyclic) bond motifs is 1. The Labute approximate surface area is 178 Å². The van der Waals surface area contributed by atoms with Gasteiger partial charge in [-0.3, -0.25) is 0 Å². The second-order valence-electron chi connectivity index (χ2n) is 7.29. The van der Waals surface area contributed by atoms with Crippen molar-refractivity contribution >= 4 is 5.65 Å². The maximum Gasteiger partial charge on any atom is 0.573 e. The number of imidazole rings is 1. The molecule has 160 valence electrons. The zero-order valence-corrected chi connectivity index (χ0v) is 17.2. The summed E-state index contributed by atoms with van der Waals surface area (Å²) in [6.45, 7) is 4.78. The number of ether oxygens (including phenoxy) is 2. The number of halogens is 3. The van der Waals surface area contributed by atoms with Gasteiger partial charge in [-0.25, -0.2) is 4.57 Å². The molecule has 0 aliphatic rings.